The fraction of sp³-hybridized carbons (Fsp3) is 0.0667. The van der Waals surface area contributed by atoms with Crippen molar-refractivity contribution in [2.75, 3.05) is 16.6 Å². The van der Waals surface area contributed by atoms with Crippen LogP contribution in [0.1, 0.15) is 11.4 Å². The second-order valence-electron chi connectivity index (χ2n) is 9.59. The van der Waals surface area contributed by atoms with Gasteiger partial charge in [-0.15, -0.1) is 0 Å². The van der Waals surface area contributed by atoms with Crippen molar-refractivity contribution in [3.8, 4) is 28.1 Å². The number of aromatic nitrogens is 2. The molecule has 3 N–H and O–H groups in total. The van der Waals surface area contributed by atoms with Gasteiger partial charge in [-0.05, 0) is 71.3 Å². The van der Waals surface area contributed by atoms with Gasteiger partial charge in [-0.2, -0.15) is 8.42 Å². The number of anilines is 2. The minimum absolute atomic E-state index is 0.260. The molecule has 2 heterocycles. The molecule has 0 saturated carbocycles. The van der Waals surface area contributed by atoms with Crippen molar-refractivity contribution in [1.29, 1.82) is 0 Å². The van der Waals surface area contributed by atoms with E-state index in [1.54, 1.807) is 36.4 Å². The molecule has 1 saturated heterocycles. The van der Waals surface area contributed by atoms with Crippen LogP contribution in [-0.4, -0.2) is 30.4 Å². The van der Waals surface area contributed by atoms with Gasteiger partial charge in [-0.3, -0.25) is 4.79 Å². The first-order valence-electron chi connectivity index (χ1n) is 12.6. The van der Waals surface area contributed by atoms with E-state index >= 15 is 0 Å². The van der Waals surface area contributed by atoms with Crippen LogP contribution in [0.15, 0.2) is 97.2 Å². The van der Waals surface area contributed by atoms with Gasteiger partial charge in [0.15, 0.2) is 0 Å². The van der Waals surface area contributed by atoms with Crippen molar-refractivity contribution < 1.29 is 13.2 Å². The molecule has 6 rings (SSSR count). The van der Waals surface area contributed by atoms with E-state index in [1.807, 2.05) is 45.8 Å². The largest absolute Gasteiger partial charge is 0.399 e. The van der Waals surface area contributed by atoms with Crippen molar-refractivity contribution in [2.45, 2.75) is 6.42 Å². The maximum Gasteiger partial charge on any atom is 0.326 e. The summed E-state index contributed by atoms with van der Waals surface area (Å²) in [4.78, 5) is 16.6. The van der Waals surface area contributed by atoms with E-state index in [0.29, 0.717) is 33.5 Å². The van der Waals surface area contributed by atoms with Gasteiger partial charge in [0.25, 0.3) is 5.91 Å². The third-order valence-corrected chi connectivity index (χ3v) is 8.74. The van der Waals surface area contributed by atoms with E-state index in [2.05, 4.69) is 24.3 Å². The Balaban J connectivity index is 1.35. The molecule has 4 aromatic carbocycles. The molecule has 11 heteroatoms. The average Bonchev–Trinajstić information content (AvgIpc) is 3.48. The molecule has 0 radical (unpaired) electrons. The summed E-state index contributed by atoms with van der Waals surface area (Å²) in [5.41, 5.74) is 12.3. The zero-order valence-corrected chi connectivity index (χ0v) is 23.8. The fourth-order valence-electron chi connectivity index (χ4n) is 4.72. The summed E-state index contributed by atoms with van der Waals surface area (Å²) in [6, 6.07) is 28.1. The summed E-state index contributed by atoms with van der Waals surface area (Å²) in [5, 5.41) is 1.01. The van der Waals surface area contributed by atoms with Gasteiger partial charge in [-0.1, -0.05) is 59.6 Å². The second-order valence-corrected chi connectivity index (χ2v) is 12.0. The second kappa shape index (κ2) is 10.6. The highest BCUT2D eigenvalue weighted by Crippen LogP contribution is 2.32. The predicted molar refractivity (Wildman–Crippen MR) is 163 cm³/mol. The quantitative estimate of drug-likeness (QED) is 0.236. The van der Waals surface area contributed by atoms with Crippen LogP contribution in [-0.2, 0) is 21.4 Å². The van der Waals surface area contributed by atoms with Crippen molar-refractivity contribution in [3.63, 3.8) is 0 Å². The summed E-state index contributed by atoms with van der Waals surface area (Å²) in [5.74, 6) is 0.183. The van der Waals surface area contributed by atoms with E-state index in [4.69, 9.17) is 33.9 Å². The molecule has 41 heavy (non-hydrogen) atoms. The Hall–Kier alpha value is -4.31. The SMILES string of the molecule is Nc1ccc(-c2ccc(Cc3nc(-c4ccc(Cl)cc4Cl)cn3-c3ccc(N4CC(=O)NS4(=O)=O)cc3)cc2)cc1. The molecule has 8 nitrogen and oxygen atoms in total. The Bertz CT molecular complexity index is 1870. The van der Waals surface area contributed by atoms with Gasteiger partial charge in [0.05, 0.1) is 16.4 Å². The monoisotopic (exact) mass is 603 g/mol. The number of imidazole rings is 1. The summed E-state index contributed by atoms with van der Waals surface area (Å²) < 4.78 is 29.5. The van der Waals surface area contributed by atoms with Crippen molar-refractivity contribution in [2.24, 2.45) is 0 Å². The van der Waals surface area contributed by atoms with Crippen molar-refractivity contribution >= 4 is 50.7 Å². The number of rotatable bonds is 6. The van der Waals surface area contributed by atoms with Crippen LogP contribution >= 0.6 is 23.2 Å². The standard InChI is InChI=1S/C30H23Cl2N5O3S/c31-22-7-14-26(27(32)16-22)28-17-36(24-10-12-25(13-11-24)37-18-30(38)35-41(37,39)40)29(34-28)15-19-1-3-20(4-2-19)21-5-8-23(33)9-6-21/h1-14,16-17H,15,18,33H2,(H,35,38). The number of nitrogens with one attached hydrogen (secondary N) is 1. The smallest absolute Gasteiger partial charge is 0.326 e. The van der Waals surface area contributed by atoms with Crippen molar-refractivity contribution in [3.05, 3.63) is 119 Å². The molecule has 1 aromatic heterocycles. The highest BCUT2D eigenvalue weighted by Gasteiger charge is 2.33. The lowest BCUT2D eigenvalue weighted by Gasteiger charge is -2.15. The lowest BCUT2D eigenvalue weighted by molar-refractivity contribution is -0.117. The number of nitrogen functional groups attached to an aromatic ring is 1. The first-order valence-corrected chi connectivity index (χ1v) is 14.8. The fourth-order valence-corrected chi connectivity index (χ4v) is 6.38. The molecule has 1 aliphatic heterocycles. The number of nitrogens with zero attached hydrogens (tertiary/aromatic N) is 3. The molecular formula is C30H23Cl2N5O3S. The number of carbonyl (C=O) groups is 1. The third kappa shape index (κ3) is 5.52. The van der Waals surface area contributed by atoms with Gasteiger partial charge in [0.2, 0.25) is 0 Å². The molecule has 0 bridgehead atoms. The molecule has 0 spiro atoms. The van der Waals surface area contributed by atoms with Gasteiger partial charge >= 0.3 is 10.2 Å². The first kappa shape index (κ1) is 26.9. The highest BCUT2D eigenvalue weighted by atomic mass is 35.5. The Kier molecular flexibility index (Phi) is 6.94. The third-order valence-electron chi connectivity index (χ3n) is 6.78. The summed E-state index contributed by atoms with van der Waals surface area (Å²) in [6.07, 6.45) is 2.41. The molecule has 0 atom stereocenters. The van der Waals surface area contributed by atoms with E-state index in [9.17, 15) is 13.2 Å². The number of halogens is 2. The molecule has 0 aliphatic carbocycles. The first-order chi connectivity index (χ1) is 19.7. The molecule has 1 aliphatic rings. The molecule has 1 fully saturated rings. The Morgan fingerprint density at radius 2 is 1.49 bits per heavy atom. The maximum atomic E-state index is 12.3. The number of amides is 1. The molecule has 206 valence electrons. The minimum Gasteiger partial charge on any atom is -0.399 e. The Morgan fingerprint density at radius 3 is 2.10 bits per heavy atom. The molecule has 0 unspecified atom stereocenters. The minimum atomic E-state index is -3.90. The van der Waals surface area contributed by atoms with E-state index in [-0.39, 0.29) is 6.54 Å². The van der Waals surface area contributed by atoms with Crippen LogP contribution < -0.4 is 14.8 Å². The zero-order valence-electron chi connectivity index (χ0n) is 21.5. The van der Waals surface area contributed by atoms with Crippen LogP contribution in [0.3, 0.4) is 0 Å². The number of nitrogens with two attached hydrogens (primary N) is 1. The van der Waals surface area contributed by atoms with Crippen molar-refractivity contribution in [1.82, 2.24) is 14.3 Å². The van der Waals surface area contributed by atoms with E-state index in [0.717, 1.165) is 38.1 Å². The Labute approximate surface area is 247 Å². The van der Waals surface area contributed by atoms with Gasteiger partial charge in [-0.25, -0.2) is 14.0 Å². The summed E-state index contributed by atoms with van der Waals surface area (Å²) >= 11 is 12.6. The van der Waals surface area contributed by atoms with Crippen LogP contribution in [0.4, 0.5) is 11.4 Å². The molecule has 5 aromatic rings. The van der Waals surface area contributed by atoms with Gasteiger partial charge < -0.3 is 10.3 Å². The number of hydrogen-bond donors (Lipinski definition) is 2. The maximum absolute atomic E-state index is 12.3. The average molecular weight is 605 g/mol. The lowest BCUT2D eigenvalue weighted by atomic mass is 10.0. The number of hydrogen-bond acceptors (Lipinski definition) is 5. The topological polar surface area (TPSA) is 110 Å². The van der Waals surface area contributed by atoms with Gasteiger partial charge in [0.1, 0.15) is 12.4 Å². The Morgan fingerprint density at radius 1 is 0.854 bits per heavy atom. The van der Waals surface area contributed by atoms with Crippen LogP contribution in [0.25, 0.3) is 28.1 Å². The van der Waals surface area contributed by atoms with E-state index < -0.39 is 16.1 Å². The van der Waals surface area contributed by atoms with Crippen LogP contribution in [0.2, 0.25) is 10.0 Å². The lowest BCUT2D eigenvalue weighted by Crippen LogP contribution is -2.29. The van der Waals surface area contributed by atoms with Crippen LogP contribution in [0.5, 0.6) is 0 Å². The summed E-state index contributed by atoms with van der Waals surface area (Å²) in [6.45, 7) is -0.260. The van der Waals surface area contributed by atoms with E-state index in [1.165, 1.54) is 0 Å². The molecule has 1 amide bonds. The van der Waals surface area contributed by atoms with Gasteiger partial charge in [0, 0.05) is 34.6 Å². The summed E-state index contributed by atoms with van der Waals surface area (Å²) in [7, 11) is -3.90. The number of benzene rings is 4. The molecular weight excluding hydrogens is 581 g/mol. The zero-order chi connectivity index (χ0) is 28.7. The normalized spacial score (nSPS) is 14.3. The van der Waals surface area contributed by atoms with Crippen LogP contribution in [0, 0.1) is 0 Å². The predicted octanol–water partition coefficient (Wildman–Crippen LogP) is 5.87. The highest BCUT2D eigenvalue weighted by molar-refractivity contribution is 7.92. The number of carbonyl (C=O) groups excluding carboxylic acids is 1.